The molecule has 0 bridgehead atoms. The zero-order valence-electron chi connectivity index (χ0n) is 1.83. The van der Waals surface area contributed by atoms with Gasteiger partial charge < -0.3 is 5.48 Å². The predicted molar refractivity (Wildman–Crippen MR) is 14.9 cm³/mol. The first-order valence-electron chi connectivity index (χ1n) is 0.436. The summed E-state index contributed by atoms with van der Waals surface area (Å²) in [6.45, 7) is 0. The molecule has 27 valence electrons. The molecule has 1 nitrogen and oxygen atoms in total. The smallest absolute Gasteiger partial charge is 0.218 e. The highest BCUT2D eigenvalue weighted by Crippen LogP contribution is 1.76. The van der Waals surface area contributed by atoms with Crippen molar-refractivity contribution in [1.82, 2.24) is 0 Å². The average molecular weight is 85.5 g/mol. The van der Waals surface area contributed by atoms with Crippen LogP contribution in [0.15, 0.2) is 0 Å². The Labute approximate surface area is 28.7 Å². The second-order valence-corrected chi connectivity index (χ2v) is 0.247. The Morgan fingerprint density at radius 3 is 1.75 bits per heavy atom. The molecule has 0 heterocycles. The summed E-state index contributed by atoms with van der Waals surface area (Å²) < 4.78 is 9.93. The highest BCUT2D eigenvalue weighted by molar-refractivity contribution is 6.21. The van der Waals surface area contributed by atoms with Crippen molar-refractivity contribution in [3.63, 3.8) is 0 Å². The average Bonchev–Trinajstić information content (AvgIpc) is 0.918. The molecule has 0 saturated heterocycles. The van der Waals surface area contributed by atoms with Crippen molar-refractivity contribution in [3.05, 3.63) is 6.13 Å². The fourth-order valence-corrected chi connectivity index (χ4v) is 0. The van der Waals surface area contributed by atoms with Crippen LogP contribution in [0.4, 0.5) is 4.39 Å². The van der Waals surface area contributed by atoms with Crippen LogP contribution in [0.3, 0.4) is 0 Å². The topological polar surface area (TPSA) is 31.5 Å². The third-order valence-electron chi connectivity index (χ3n) is 0. The van der Waals surface area contributed by atoms with E-state index in [1.165, 1.54) is 0 Å². The molecule has 2 N–H and O–H groups in total. The molecule has 3 heteroatoms. The normalized spacial score (nSPS) is 4.50. The third-order valence-corrected chi connectivity index (χ3v) is 0. The molecule has 0 atom stereocenters. The molecule has 0 aliphatic heterocycles. The highest BCUT2D eigenvalue weighted by atomic mass is 35.5. The Kier molecular flexibility index (Phi) is 24.1. The predicted octanol–water partition coefficient (Wildman–Crippen LogP) is 0.489. The van der Waals surface area contributed by atoms with E-state index in [0.717, 1.165) is 0 Å². The third kappa shape index (κ3) is 93.7. The largest absolute Gasteiger partial charge is 0.412 e. The molecule has 0 aliphatic carbocycles. The van der Waals surface area contributed by atoms with Crippen LogP contribution in [0, 0.1) is 6.13 Å². The zero-order chi connectivity index (χ0) is 2.71. The molecule has 0 aliphatic rings. The molecule has 0 unspecified atom stereocenters. The van der Waals surface area contributed by atoms with Gasteiger partial charge in [-0.3, -0.25) is 0 Å². The summed E-state index contributed by atoms with van der Waals surface area (Å²) in [5, 5.41) is 0. The SMILES string of the molecule is F[CH]Cl.O. The fourth-order valence-electron chi connectivity index (χ4n) is 0. The van der Waals surface area contributed by atoms with Gasteiger partial charge in [0.05, 0.1) is 0 Å². The second-order valence-electron chi connectivity index (χ2n) is 0.0825. The van der Waals surface area contributed by atoms with Crippen LogP contribution in [0.25, 0.3) is 0 Å². The lowest BCUT2D eigenvalue weighted by Crippen LogP contribution is -1.12. The van der Waals surface area contributed by atoms with Gasteiger partial charge in [0.15, 0.2) is 0 Å². The minimum Gasteiger partial charge on any atom is -0.412 e. The molecule has 0 spiro atoms. The van der Waals surface area contributed by atoms with Crippen LogP contribution in [0.1, 0.15) is 0 Å². The Morgan fingerprint density at radius 2 is 1.75 bits per heavy atom. The lowest BCUT2D eigenvalue weighted by molar-refractivity contribution is 0.685. The van der Waals surface area contributed by atoms with Gasteiger partial charge in [0.2, 0.25) is 6.13 Å². The lowest BCUT2D eigenvalue weighted by atomic mass is 11.8. The van der Waals surface area contributed by atoms with E-state index in [-0.39, 0.29) is 11.6 Å². The van der Waals surface area contributed by atoms with Gasteiger partial charge in [-0.25, -0.2) is 4.39 Å². The molecule has 4 heavy (non-hydrogen) atoms. The molecule has 1 radical (unpaired) electrons. The van der Waals surface area contributed by atoms with Crippen molar-refractivity contribution in [2.24, 2.45) is 0 Å². The standard InChI is InChI=1S/CHClF.H2O/c2-1-3;/h1H;1H2. The van der Waals surface area contributed by atoms with Gasteiger partial charge in [-0.05, 0) is 0 Å². The molecular weight excluding hydrogens is 82.5 g/mol. The summed E-state index contributed by atoms with van der Waals surface area (Å²) in [5.41, 5.74) is 0. The van der Waals surface area contributed by atoms with Crippen LogP contribution < -0.4 is 0 Å². The zero-order valence-corrected chi connectivity index (χ0v) is 2.59. The quantitative estimate of drug-likeness (QED) is 0.410. The second kappa shape index (κ2) is 10.9. The summed E-state index contributed by atoms with van der Waals surface area (Å²) in [6, 6.07) is 0. The van der Waals surface area contributed by atoms with Crippen LogP contribution in [-0.2, 0) is 0 Å². The summed E-state index contributed by atoms with van der Waals surface area (Å²) >= 11 is 4.21. The number of rotatable bonds is 0. The van der Waals surface area contributed by atoms with Gasteiger partial charge in [-0.1, -0.05) is 11.6 Å². The van der Waals surface area contributed by atoms with E-state index in [9.17, 15) is 4.39 Å². The Bertz CT molecular complexity index is 8.00. The number of hydrogen-bond acceptors (Lipinski definition) is 0. The maximum absolute atomic E-state index is 9.93. The van der Waals surface area contributed by atoms with Crippen molar-refractivity contribution in [1.29, 1.82) is 0 Å². The molecule has 0 saturated carbocycles. The van der Waals surface area contributed by atoms with Crippen molar-refractivity contribution in [2.45, 2.75) is 0 Å². The van der Waals surface area contributed by atoms with Crippen LogP contribution in [0.5, 0.6) is 0 Å². The van der Waals surface area contributed by atoms with Crippen LogP contribution >= 0.6 is 11.6 Å². The van der Waals surface area contributed by atoms with E-state index in [2.05, 4.69) is 11.6 Å². The van der Waals surface area contributed by atoms with Crippen LogP contribution in [0.2, 0.25) is 0 Å². The van der Waals surface area contributed by atoms with E-state index < -0.39 is 0 Å². The maximum atomic E-state index is 9.93. The van der Waals surface area contributed by atoms with Gasteiger partial charge >= 0.3 is 0 Å². The monoisotopic (exact) mass is 85.0 g/mol. The van der Waals surface area contributed by atoms with E-state index >= 15 is 0 Å². The van der Waals surface area contributed by atoms with E-state index in [4.69, 9.17) is 0 Å². The van der Waals surface area contributed by atoms with Gasteiger partial charge in [0.25, 0.3) is 0 Å². The Hall–Kier alpha value is 0.180. The highest BCUT2D eigenvalue weighted by Gasteiger charge is 1.46. The van der Waals surface area contributed by atoms with E-state index in [1.54, 1.807) is 0 Å². The molecule has 0 aromatic carbocycles. The number of hydrogen-bond donors (Lipinski definition) is 0. The molecule has 0 amide bonds. The maximum Gasteiger partial charge on any atom is 0.218 e. The molecule has 0 aromatic rings. The van der Waals surface area contributed by atoms with Gasteiger partial charge in [-0.2, -0.15) is 0 Å². The van der Waals surface area contributed by atoms with Crippen molar-refractivity contribution in [3.8, 4) is 0 Å². The molecule has 0 rings (SSSR count). The summed E-state index contributed by atoms with van der Waals surface area (Å²) in [5.74, 6) is 0. The fraction of sp³-hybridized carbons (Fsp3) is 0. The summed E-state index contributed by atoms with van der Waals surface area (Å²) in [6.07, 6.45) is -0.0278. The van der Waals surface area contributed by atoms with Crippen molar-refractivity contribution in [2.75, 3.05) is 0 Å². The molecule has 0 aromatic heterocycles. The van der Waals surface area contributed by atoms with E-state index in [1.807, 2.05) is 0 Å². The van der Waals surface area contributed by atoms with Crippen LogP contribution in [-0.4, -0.2) is 5.48 Å². The first-order valence-corrected chi connectivity index (χ1v) is 0.873. The van der Waals surface area contributed by atoms with Gasteiger partial charge in [-0.15, -0.1) is 0 Å². The van der Waals surface area contributed by atoms with Gasteiger partial charge in [0.1, 0.15) is 0 Å². The minimum atomic E-state index is -0.0278. The molecular formula is CH3ClFO. The Balaban J connectivity index is 0. The van der Waals surface area contributed by atoms with E-state index in [0.29, 0.717) is 0 Å². The Morgan fingerprint density at radius 1 is 1.75 bits per heavy atom. The van der Waals surface area contributed by atoms with Crippen molar-refractivity contribution >= 4 is 11.6 Å². The summed E-state index contributed by atoms with van der Waals surface area (Å²) in [7, 11) is 0. The minimum absolute atomic E-state index is 0. The van der Waals surface area contributed by atoms with Crippen molar-refractivity contribution < 1.29 is 9.87 Å². The lowest BCUT2D eigenvalue weighted by Gasteiger charge is -1.40. The first kappa shape index (κ1) is 8.89. The number of halogens is 2. The molecule has 0 fully saturated rings. The van der Waals surface area contributed by atoms with Gasteiger partial charge in [0, 0.05) is 0 Å². The first-order chi connectivity index (χ1) is 1.41. The summed E-state index contributed by atoms with van der Waals surface area (Å²) in [4.78, 5) is 0.